The summed E-state index contributed by atoms with van der Waals surface area (Å²) in [6, 6.07) is 18.7. The molecule has 0 fully saturated rings. The maximum atomic E-state index is 13.3. The number of pyridine rings is 1. The number of hydrogen-bond donors (Lipinski definition) is 0. The average Bonchev–Trinajstić information content (AvgIpc) is 2.76. The molecule has 0 unspecified atom stereocenters. The van der Waals surface area contributed by atoms with Gasteiger partial charge in [-0.1, -0.05) is 36.4 Å². The quantitative estimate of drug-likeness (QED) is 0.528. The number of benzene rings is 2. The van der Waals surface area contributed by atoms with Crippen molar-refractivity contribution in [3.8, 4) is 5.75 Å². The van der Waals surface area contributed by atoms with E-state index in [4.69, 9.17) is 4.74 Å². The Morgan fingerprint density at radius 1 is 0.897 bits per heavy atom. The largest absolute Gasteiger partial charge is 0.497 e. The summed E-state index contributed by atoms with van der Waals surface area (Å²) >= 11 is 0. The second kappa shape index (κ2) is 7.75. The van der Waals surface area contributed by atoms with Crippen molar-refractivity contribution in [3.63, 3.8) is 0 Å². The van der Waals surface area contributed by atoms with Crippen molar-refractivity contribution in [2.45, 2.75) is 20.0 Å². The van der Waals surface area contributed by atoms with Crippen molar-refractivity contribution >= 4 is 11.0 Å². The lowest BCUT2D eigenvalue weighted by Gasteiger charge is -2.15. The molecule has 0 N–H and O–H groups in total. The third-order valence-electron chi connectivity index (χ3n) is 5.08. The topological polar surface area (TPSA) is 66.1 Å². The van der Waals surface area contributed by atoms with Gasteiger partial charge in [0.1, 0.15) is 5.75 Å². The molecule has 146 valence electrons. The summed E-state index contributed by atoms with van der Waals surface area (Å²) in [6.07, 6.45) is 1.57. The Balaban J connectivity index is 1.87. The van der Waals surface area contributed by atoms with Gasteiger partial charge in [-0.3, -0.25) is 13.9 Å². The second-order valence-corrected chi connectivity index (χ2v) is 6.91. The Morgan fingerprint density at radius 3 is 2.38 bits per heavy atom. The highest BCUT2D eigenvalue weighted by molar-refractivity contribution is 5.73. The van der Waals surface area contributed by atoms with Gasteiger partial charge >= 0.3 is 5.69 Å². The van der Waals surface area contributed by atoms with Gasteiger partial charge in [-0.05, 0) is 47.9 Å². The Bertz CT molecular complexity index is 1290. The third-order valence-corrected chi connectivity index (χ3v) is 5.08. The van der Waals surface area contributed by atoms with Gasteiger partial charge in [0.15, 0.2) is 5.52 Å². The molecule has 0 radical (unpaired) electrons. The number of hydrogen-bond acceptors (Lipinski definition) is 4. The van der Waals surface area contributed by atoms with Crippen LogP contribution in [-0.4, -0.2) is 21.2 Å². The van der Waals surface area contributed by atoms with Crippen molar-refractivity contribution in [2.24, 2.45) is 0 Å². The van der Waals surface area contributed by atoms with E-state index in [-0.39, 0.29) is 23.3 Å². The molecular weight excluding hydrogens is 366 g/mol. The SMILES string of the molecule is COc1ccc(Cn2c(=O)c3ncccc3n(Cc3ccccc3C)c2=O)cc1. The second-order valence-electron chi connectivity index (χ2n) is 6.91. The van der Waals surface area contributed by atoms with Crippen LogP contribution in [0.4, 0.5) is 0 Å². The summed E-state index contributed by atoms with van der Waals surface area (Å²) in [6.45, 7) is 2.55. The fourth-order valence-corrected chi connectivity index (χ4v) is 3.41. The van der Waals surface area contributed by atoms with Crippen molar-refractivity contribution < 1.29 is 4.74 Å². The van der Waals surface area contributed by atoms with E-state index in [1.165, 1.54) is 4.57 Å². The van der Waals surface area contributed by atoms with Gasteiger partial charge in [-0.15, -0.1) is 0 Å². The van der Waals surface area contributed by atoms with Crippen molar-refractivity contribution in [1.29, 1.82) is 0 Å². The standard InChI is InChI=1S/C23H21N3O3/c1-16-6-3-4-7-18(16)15-25-20-8-5-13-24-21(20)22(27)26(23(25)28)14-17-9-11-19(29-2)12-10-17/h3-13H,14-15H2,1-2H3. The zero-order chi connectivity index (χ0) is 20.4. The molecule has 0 aliphatic heterocycles. The minimum Gasteiger partial charge on any atom is -0.497 e. The number of aromatic nitrogens is 3. The highest BCUT2D eigenvalue weighted by Crippen LogP contribution is 2.14. The average molecular weight is 387 g/mol. The van der Waals surface area contributed by atoms with E-state index < -0.39 is 0 Å². The van der Waals surface area contributed by atoms with E-state index in [1.807, 2.05) is 55.5 Å². The van der Waals surface area contributed by atoms with Crippen LogP contribution in [0.3, 0.4) is 0 Å². The highest BCUT2D eigenvalue weighted by atomic mass is 16.5. The summed E-state index contributed by atoms with van der Waals surface area (Å²) in [4.78, 5) is 30.6. The predicted molar refractivity (Wildman–Crippen MR) is 113 cm³/mol. The molecule has 2 aromatic heterocycles. The van der Waals surface area contributed by atoms with Crippen LogP contribution in [0.1, 0.15) is 16.7 Å². The zero-order valence-electron chi connectivity index (χ0n) is 16.3. The number of methoxy groups -OCH3 is 1. The molecule has 0 spiro atoms. The molecule has 0 aliphatic rings. The molecule has 0 saturated carbocycles. The van der Waals surface area contributed by atoms with Gasteiger partial charge in [0, 0.05) is 6.20 Å². The van der Waals surface area contributed by atoms with Crippen LogP contribution in [0.15, 0.2) is 76.4 Å². The molecule has 29 heavy (non-hydrogen) atoms. The Hall–Kier alpha value is -3.67. The van der Waals surface area contributed by atoms with E-state index in [9.17, 15) is 9.59 Å². The maximum absolute atomic E-state index is 13.3. The van der Waals surface area contributed by atoms with Gasteiger partial charge in [0.2, 0.25) is 0 Å². The van der Waals surface area contributed by atoms with Crippen LogP contribution < -0.4 is 16.0 Å². The first-order chi connectivity index (χ1) is 14.1. The first kappa shape index (κ1) is 18.7. The normalized spacial score (nSPS) is 11.0. The first-order valence-corrected chi connectivity index (χ1v) is 9.34. The van der Waals surface area contributed by atoms with Crippen LogP contribution in [-0.2, 0) is 13.1 Å². The molecule has 0 amide bonds. The fourth-order valence-electron chi connectivity index (χ4n) is 3.41. The van der Waals surface area contributed by atoms with Gasteiger partial charge in [0.05, 0.1) is 25.7 Å². The van der Waals surface area contributed by atoms with Crippen LogP contribution in [0.5, 0.6) is 5.75 Å². The molecule has 0 bridgehead atoms. The zero-order valence-corrected chi connectivity index (χ0v) is 16.3. The molecule has 0 aliphatic carbocycles. The summed E-state index contributed by atoms with van der Waals surface area (Å²) in [7, 11) is 1.60. The predicted octanol–water partition coefficient (Wildman–Crippen LogP) is 2.97. The van der Waals surface area contributed by atoms with Gasteiger partial charge in [-0.25, -0.2) is 9.78 Å². The molecule has 6 nitrogen and oxygen atoms in total. The monoisotopic (exact) mass is 387 g/mol. The molecule has 4 rings (SSSR count). The van der Waals surface area contributed by atoms with Crippen LogP contribution in [0.25, 0.3) is 11.0 Å². The molecule has 4 aromatic rings. The van der Waals surface area contributed by atoms with E-state index in [1.54, 1.807) is 30.0 Å². The van der Waals surface area contributed by atoms with Gasteiger partial charge in [-0.2, -0.15) is 0 Å². The molecular formula is C23H21N3O3. The Morgan fingerprint density at radius 2 is 1.66 bits per heavy atom. The lowest BCUT2D eigenvalue weighted by Crippen LogP contribution is -2.41. The molecule has 2 heterocycles. The molecule has 0 saturated heterocycles. The van der Waals surface area contributed by atoms with E-state index >= 15 is 0 Å². The Kier molecular flexibility index (Phi) is 4.99. The summed E-state index contributed by atoms with van der Waals surface area (Å²) in [5, 5.41) is 0. The van der Waals surface area contributed by atoms with E-state index in [0.717, 1.165) is 22.4 Å². The van der Waals surface area contributed by atoms with Crippen LogP contribution >= 0.6 is 0 Å². The maximum Gasteiger partial charge on any atom is 0.332 e. The number of nitrogens with zero attached hydrogens (tertiary/aromatic N) is 3. The summed E-state index contributed by atoms with van der Waals surface area (Å²) < 4.78 is 8.04. The fraction of sp³-hybridized carbons (Fsp3) is 0.174. The highest BCUT2D eigenvalue weighted by Gasteiger charge is 2.15. The molecule has 2 aromatic carbocycles. The van der Waals surface area contributed by atoms with E-state index in [0.29, 0.717) is 12.1 Å². The Labute approximate surface area is 167 Å². The third kappa shape index (κ3) is 3.57. The van der Waals surface area contributed by atoms with E-state index in [2.05, 4.69) is 4.98 Å². The number of ether oxygens (including phenoxy) is 1. The van der Waals surface area contributed by atoms with Crippen LogP contribution in [0, 0.1) is 6.92 Å². The number of fused-ring (bicyclic) bond motifs is 1. The molecule has 0 atom stereocenters. The van der Waals surface area contributed by atoms with Gasteiger partial charge < -0.3 is 4.74 Å². The van der Waals surface area contributed by atoms with Crippen molar-refractivity contribution in [1.82, 2.24) is 14.1 Å². The summed E-state index contributed by atoms with van der Waals surface area (Å²) in [5.74, 6) is 0.721. The number of aryl methyl sites for hydroxylation is 1. The lowest BCUT2D eigenvalue weighted by molar-refractivity contribution is 0.414. The van der Waals surface area contributed by atoms with Crippen molar-refractivity contribution in [2.75, 3.05) is 7.11 Å². The van der Waals surface area contributed by atoms with Gasteiger partial charge in [0.25, 0.3) is 5.56 Å². The lowest BCUT2D eigenvalue weighted by atomic mass is 10.1. The number of rotatable bonds is 5. The summed E-state index contributed by atoms with van der Waals surface area (Å²) in [5.41, 5.74) is 3.03. The minimum absolute atomic E-state index is 0.169. The minimum atomic E-state index is -0.387. The first-order valence-electron chi connectivity index (χ1n) is 9.34. The molecule has 6 heteroatoms. The van der Waals surface area contributed by atoms with Crippen molar-refractivity contribution in [3.05, 3.63) is 104 Å². The van der Waals surface area contributed by atoms with Crippen LogP contribution in [0.2, 0.25) is 0 Å². The smallest absolute Gasteiger partial charge is 0.332 e.